The largest absolute Gasteiger partial charge is 0.497 e. The molecule has 1 aliphatic rings. The van der Waals surface area contributed by atoms with Crippen LogP contribution in [0.15, 0.2) is 77.0 Å². The fourth-order valence-electron chi connectivity index (χ4n) is 3.39. The summed E-state index contributed by atoms with van der Waals surface area (Å²) < 4.78 is 16.1. The third kappa shape index (κ3) is 4.16. The number of anilines is 1. The van der Waals surface area contributed by atoms with Crippen molar-refractivity contribution in [1.82, 2.24) is 4.90 Å². The van der Waals surface area contributed by atoms with Gasteiger partial charge in [0.15, 0.2) is 0 Å². The molecule has 0 aliphatic carbocycles. The molecule has 31 heavy (non-hydrogen) atoms. The van der Waals surface area contributed by atoms with E-state index >= 15 is 0 Å². The molecule has 0 bridgehead atoms. The van der Waals surface area contributed by atoms with Crippen LogP contribution in [0.5, 0.6) is 11.5 Å². The van der Waals surface area contributed by atoms with E-state index in [1.54, 1.807) is 67.8 Å². The monoisotopic (exact) mass is 418 g/mol. The van der Waals surface area contributed by atoms with Crippen molar-refractivity contribution >= 4 is 23.1 Å². The molecule has 4 rings (SSSR count). The average molecular weight is 418 g/mol. The maximum atomic E-state index is 13.3. The van der Waals surface area contributed by atoms with Crippen LogP contribution in [0.4, 0.5) is 5.69 Å². The highest BCUT2D eigenvalue weighted by Gasteiger charge is 2.39. The second kappa shape index (κ2) is 8.79. The van der Waals surface area contributed by atoms with Gasteiger partial charge in [-0.2, -0.15) is 0 Å². The molecule has 158 valence electrons. The Kier molecular flexibility index (Phi) is 5.75. The Morgan fingerprint density at radius 2 is 1.77 bits per heavy atom. The Morgan fingerprint density at radius 3 is 2.45 bits per heavy atom. The number of nitrogens with one attached hydrogen (secondary N) is 1. The summed E-state index contributed by atoms with van der Waals surface area (Å²) >= 11 is 0. The molecule has 7 heteroatoms. The van der Waals surface area contributed by atoms with Gasteiger partial charge >= 0.3 is 0 Å². The van der Waals surface area contributed by atoms with Gasteiger partial charge in [0.05, 0.1) is 32.1 Å². The number of rotatable bonds is 8. The number of benzene rings is 2. The van der Waals surface area contributed by atoms with Gasteiger partial charge in [-0.05, 0) is 48.9 Å². The van der Waals surface area contributed by atoms with Gasteiger partial charge in [0, 0.05) is 11.8 Å². The zero-order chi connectivity index (χ0) is 21.8. The van der Waals surface area contributed by atoms with E-state index in [0.29, 0.717) is 40.7 Å². The highest BCUT2D eigenvalue weighted by Crippen LogP contribution is 2.33. The molecule has 2 amide bonds. The summed E-state index contributed by atoms with van der Waals surface area (Å²) in [5.74, 6) is 1.04. The second-order valence-corrected chi connectivity index (χ2v) is 6.84. The number of furan rings is 1. The van der Waals surface area contributed by atoms with Gasteiger partial charge in [0.2, 0.25) is 0 Å². The van der Waals surface area contributed by atoms with Crippen molar-refractivity contribution in [1.29, 1.82) is 0 Å². The van der Waals surface area contributed by atoms with Crippen molar-refractivity contribution in [3.05, 3.63) is 83.9 Å². The smallest absolute Gasteiger partial charge is 0.278 e. The first-order valence-corrected chi connectivity index (χ1v) is 9.88. The highest BCUT2D eigenvalue weighted by molar-refractivity contribution is 6.36. The first-order chi connectivity index (χ1) is 15.1. The summed E-state index contributed by atoms with van der Waals surface area (Å²) in [5, 5.41) is 3.12. The summed E-state index contributed by atoms with van der Waals surface area (Å²) in [5.41, 5.74) is 1.75. The van der Waals surface area contributed by atoms with E-state index in [-0.39, 0.29) is 12.2 Å². The van der Waals surface area contributed by atoms with Crippen molar-refractivity contribution in [2.45, 2.75) is 13.5 Å². The number of carbonyl (C=O) groups excluding carboxylic acids is 2. The van der Waals surface area contributed by atoms with E-state index in [1.165, 1.54) is 11.2 Å². The molecule has 0 unspecified atom stereocenters. The Bertz CT molecular complexity index is 1120. The molecule has 0 saturated heterocycles. The summed E-state index contributed by atoms with van der Waals surface area (Å²) in [4.78, 5) is 27.7. The van der Waals surface area contributed by atoms with Gasteiger partial charge in [0.1, 0.15) is 23.0 Å². The van der Waals surface area contributed by atoms with Gasteiger partial charge < -0.3 is 19.2 Å². The number of methoxy groups -OCH3 is 1. The Balaban J connectivity index is 1.72. The maximum absolute atomic E-state index is 13.3. The molecule has 7 nitrogen and oxygen atoms in total. The predicted octanol–water partition coefficient (Wildman–Crippen LogP) is 4.08. The number of hydrogen-bond acceptors (Lipinski definition) is 6. The van der Waals surface area contributed by atoms with E-state index in [0.717, 1.165) is 0 Å². The molecule has 2 heterocycles. The van der Waals surface area contributed by atoms with Crippen LogP contribution in [0.1, 0.15) is 18.2 Å². The van der Waals surface area contributed by atoms with Crippen molar-refractivity contribution in [3.8, 4) is 11.5 Å². The number of hydrogen-bond donors (Lipinski definition) is 1. The quantitative estimate of drug-likeness (QED) is 0.555. The fraction of sp³-hybridized carbons (Fsp3) is 0.167. The maximum Gasteiger partial charge on any atom is 0.278 e. The zero-order valence-electron chi connectivity index (χ0n) is 17.3. The van der Waals surface area contributed by atoms with Crippen molar-refractivity contribution in [2.24, 2.45) is 0 Å². The molecule has 3 aromatic rings. The van der Waals surface area contributed by atoms with E-state index in [2.05, 4.69) is 5.32 Å². The Labute approximate surface area is 179 Å². The number of ether oxygens (including phenoxy) is 2. The number of imide groups is 1. The molecule has 2 aromatic carbocycles. The van der Waals surface area contributed by atoms with Gasteiger partial charge in [-0.3, -0.25) is 14.5 Å². The lowest BCUT2D eigenvalue weighted by Gasteiger charge is -2.14. The van der Waals surface area contributed by atoms with Crippen molar-refractivity contribution in [3.63, 3.8) is 0 Å². The third-order valence-electron chi connectivity index (χ3n) is 4.86. The van der Waals surface area contributed by atoms with E-state index < -0.39 is 11.8 Å². The Morgan fingerprint density at radius 1 is 0.968 bits per heavy atom. The summed E-state index contributed by atoms with van der Waals surface area (Å²) in [6.45, 7) is 2.49. The molecule has 0 fully saturated rings. The molecular weight excluding hydrogens is 396 g/mol. The number of nitrogens with zero attached hydrogens (tertiary/aromatic N) is 1. The standard InChI is InChI=1S/C24H22N2O5/c1-3-30-18-11-9-16(10-12-18)21-22(25-17-6-4-7-19(14-17)29-2)24(28)26(23(21)27)15-20-8-5-13-31-20/h4-14,25H,3,15H2,1-2H3. The molecule has 1 N–H and O–H groups in total. The molecule has 1 aliphatic heterocycles. The zero-order valence-corrected chi connectivity index (χ0v) is 17.3. The SMILES string of the molecule is CCOc1ccc(C2=C(Nc3cccc(OC)c3)C(=O)N(Cc3ccco3)C2=O)cc1. The average Bonchev–Trinajstić information content (AvgIpc) is 3.38. The first-order valence-electron chi connectivity index (χ1n) is 9.88. The topological polar surface area (TPSA) is 81.0 Å². The minimum atomic E-state index is -0.423. The van der Waals surface area contributed by atoms with Crippen LogP contribution in [-0.4, -0.2) is 30.4 Å². The van der Waals surface area contributed by atoms with E-state index in [1.807, 2.05) is 6.92 Å². The van der Waals surface area contributed by atoms with E-state index in [9.17, 15) is 9.59 Å². The summed E-state index contributed by atoms with van der Waals surface area (Å²) in [6.07, 6.45) is 1.51. The van der Waals surface area contributed by atoms with Crippen molar-refractivity contribution < 1.29 is 23.5 Å². The number of carbonyl (C=O) groups is 2. The van der Waals surface area contributed by atoms with Crippen LogP contribution < -0.4 is 14.8 Å². The van der Waals surface area contributed by atoms with Crippen LogP contribution in [0.3, 0.4) is 0 Å². The summed E-state index contributed by atoms with van der Waals surface area (Å²) in [7, 11) is 1.57. The summed E-state index contributed by atoms with van der Waals surface area (Å²) in [6, 6.07) is 17.7. The van der Waals surface area contributed by atoms with Crippen LogP contribution in [0.2, 0.25) is 0 Å². The minimum absolute atomic E-state index is 0.0501. The predicted molar refractivity (Wildman–Crippen MR) is 115 cm³/mol. The Hall–Kier alpha value is -4.00. The number of amides is 2. The molecular formula is C24H22N2O5. The molecule has 0 spiro atoms. The van der Waals surface area contributed by atoms with Gasteiger partial charge in [-0.15, -0.1) is 0 Å². The van der Waals surface area contributed by atoms with Crippen LogP contribution in [-0.2, 0) is 16.1 Å². The lowest BCUT2D eigenvalue weighted by atomic mass is 10.0. The van der Waals surface area contributed by atoms with Gasteiger partial charge in [-0.1, -0.05) is 18.2 Å². The minimum Gasteiger partial charge on any atom is -0.497 e. The van der Waals surface area contributed by atoms with Gasteiger partial charge in [0.25, 0.3) is 11.8 Å². The van der Waals surface area contributed by atoms with Gasteiger partial charge in [-0.25, -0.2) is 0 Å². The van der Waals surface area contributed by atoms with Crippen LogP contribution in [0, 0.1) is 0 Å². The molecule has 1 aromatic heterocycles. The lowest BCUT2D eigenvalue weighted by Crippen LogP contribution is -2.31. The molecule has 0 saturated carbocycles. The van der Waals surface area contributed by atoms with E-state index in [4.69, 9.17) is 13.9 Å². The fourth-order valence-corrected chi connectivity index (χ4v) is 3.39. The molecule has 0 radical (unpaired) electrons. The lowest BCUT2D eigenvalue weighted by molar-refractivity contribution is -0.137. The van der Waals surface area contributed by atoms with Crippen LogP contribution >= 0.6 is 0 Å². The highest BCUT2D eigenvalue weighted by atomic mass is 16.5. The normalized spacial score (nSPS) is 13.7. The second-order valence-electron chi connectivity index (χ2n) is 6.84. The van der Waals surface area contributed by atoms with Crippen molar-refractivity contribution in [2.75, 3.05) is 19.0 Å². The molecule has 0 atom stereocenters. The first kappa shape index (κ1) is 20.3. The third-order valence-corrected chi connectivity index (χ3v) is 4.86. The van der Waals surface area contributed by atoms with Crippen LogP contribution in [0.25, 0.3) is 5.57 Å².